The molecule has 1 unspecified atom stereocenters. The Labute approximate surface area is 178 Å². The minimum absolute atomic E-state index is 0.0945. The van der Waals surface area contributed by atoms with Crippen molar-refractivity contribution in [3.05, 3.63) is 106 Å². The molecule has 0 aliphatic heterocycles. The molecule has 30 heavy (non-hydrogen) atoms. The zero-order valence-electron chi connectivity index (χ0n) is 16.9. The van der Waals surface area contributed by atoms with Gasteiger partial charge in [-0.05, 0) is 64.7 Å². The van der Waals surface area contributed by atoms with Gasteiger partial charge in [0.2, 0.25) is 0 Å². The molecule has 0 heterocycles. The molecular formula is C26H22NO2P. The smallest absolute Gasteiger partial charge is 0.258 e. The van der Waals surface area contributed by atoms with E-state index in [1.165, 1.54) is 11.1 Å². The summed E-state index contributed by atoms with van der Waals surface area (Å²) in [5.74, 6) is 0. The fourth-order valence-corrected chi connectivity index (χ4v) is 4.08. The summed E-state index contributed by atoms with van der Waals surface area (Å²) in [6.45, 7) is 4.16. The Kier molecular flexibility index (Phi) is 5.48. The SMILES string of the molecule is Cc1ccc(-c2c(P)ccc(-c3ccc([N+](=O)[O-])cc3)c2-c2ccc(C)cc2)cc1. The zero-order chi connectivity index (χ0) is 21.3. The maximum Gasteiger partial charge on any atom is 0.269 e. The summed E-state index contributed by atoms with van der Waals surface area (Å²) >= 11 is 0. The van der Waals surface area contributed by atoms with Gasteiger partial charge in [0.25, 0.3) is 5.69 Å². The van der Waals surface area contributed by atoms with Crippen molar-refractivity contribution >= 4 is 20.2 Å². The maximum absolute atomic E-state index is 11.1. The van der Waals surface area contributed by atoms with Gasteiger partial charge in [-0.3, -0.25) is 10.1 Å². The van der Waals surface area contributed by atoms with Crippen LogP contribution in [-0.4, -0.2) is 4.92 Å². The van der Waals surface area contributed by atoms with Crippen molar-refractivity contribution in [3.63, 3.8) is 0 Å². The zero-order valence-corrected chi connectivity index (χ0v) is 18.1. The Morgan fingerprint density at radius 2 is 1.10 bits per heavy atom. The Balaban J connectivity index is 2.00. The van der Waals surface area contributed by atoms with Gasteiger partial charge < -0.3 is 0 Å². The summed E-state index contributed by atoms with van der Waals surface area (Å²) < 4.78 is 0. The van der Waals surface area contributed by atoms with Crippen LogP contribution in [0.15, 0.2) is 84.9 Å². The van der Waals surface area contributed by atoms with E-state index in [2.05, 4.69) is 83.8 Å². The standard InChI is InChI=1S/C26H22NO2P/c1-17-3-7-20(8-4-17)25-23(19-11-13-22(14-12-19)27(28)29)15-16-24(30)26(25)21-9-5-18(2)6-10-21/h3-16H,30H2,1-2H3. The van der Waals surface area contributed by atoms with Crippen LogP contribution in [0.4, 0.5) is 5.69 Å². The van der Waals surface area contributed by atoms with Gasteiger partial charge >= 0.3 is 0 Å². The predicted octanol–water partition coefficient (Wildman–Crippen LogP) is 6.71. The van der Waals surface area contributed by atoms with E-state index in [0.29, 0.717) is 0 Å². The van der Waals surface area contributed by atoms with Crippen LogP contribution in [-0.2, 0) is 0 Å². The number of rotatable bonds is 4. The first-order valence-electron chi connectivity index (χ1n) is 9.75. The average Bonchev–Trinajstić information content (AvgIpc) is 2.75. The largest absolute Gasteiger partial charge is 0.269 e. The molecule has 3 nitrogen and oxygen atoms in total. The Hall–Kier alpha value is -3.29. The molecule has 4 rings (SSSR count). The third kappa shape index (κ3) is 3.90. The van der Waals surface area contributed by atoms with E-state index in [0.717, 1.165) is 38.7 Å². The lowest BCUT2D eigenvalue weighted by Crippen LogP contribution is -2.02. The van der Waals surface area contributed by atoms with Gasteiger partial charge in [-0.2, -0.15) is 0 Å². The molecule has 4 aromatic carbocycles. The normalized spacial score (nSPS) is 10.8. The van der Waals surface area contributed by atoms with Crippen LogP contribution in [0, 0.1) is 24.0 Å². The van der Waals surface area contributed by atoms with Gasteiger partial charge in [-0.15, -0.1) is 9.24 Å². The van der Waals surface area contributed by atoms with Crippen molar-refractivity contribution in [1.29, 1.82) is 0 Å². The van der Waals surface area contributed by atoms with Crippen LogP contribution in [0.25, 0.3) is 33.4 Å². The van der Waals surface area contributed by atoms with E-state index in [9.17, 15) is 10.1 Å². The molecule has 0 aliphatic carbocycles. The number of aryl methyl sites for hydroxylation is 2. The topological polar surface area (TPSA) is 43.1 Å². The summed E-state index contributed by atoms with van der Waals surface area (Å²) in [5, 5.41) is 12.2. The number of nitro benzene ring substituents is 1. The number of hydrogen-bond acceptors (Lipinski definition) is 2. The molecule has 0 radical (unpaired) electrons. The van der Waals surface area contributed by atoms with Crippen molar-refractivity contribution in [1.82, 2.24) is 0 Å². The average molecular weight is 411 g/mol. The number of non-ortho nitro benzene ring substituents is 1. The van der Waals surface area contributed by atoms with Gasteiger partial charge in [0.15, 0.2) is 0 Å². The van der Waals surface area contributed by atoms with E-state index in [1.54, 1.807) is 12.1 Å². The molecule has 0 aromatic heterocycles. The van der Waals surface area contributed by atoms with Crippen LogP contribution >= 0.6 is 9.24 Å². The fourth-order valence-electron chi connectivity index (χ4n) is 3.67. The first kappa shape index (κ1) is 20.0. The predicted molar refractivity (Wildman–Crippen MR) is 128 cm³/mol. The highest BCUT2D eigenvalue weighted by Crippen LogP contribution is 2.40. The molecule has 0 N–H and O–H groups in total. The number of nitrogens with zero attached hydrogens (tertiary/aromatic N) is 1. The van der Waals surface area contributed by atoms with Crippen molar-refractivity contribution in [2.24, 2.45) is 0 Å². The van der Waals surface area contributed by atoms with Gasteiger partial charge in [0.1, 0.15) is 0 Å². The van der Waals surface area contributed by atoms with Gasteiger partial charge in [-0.1, -0.05) is 71.8 Å². The summed E-state index contributed by atoms with van der Waals surface area (Å²) in [5.41, 5.74) is 9.06. The minimum atomic E-state index is -0.367. The second kappa shape index (κ2) is 8.22. The molecule has 0 saturated heterocycles. The lowest BCUT2D eigenvalue weighted by atomic mass is 9.87. The molecule has 0 amide bonds. The van der Waals surface area contributed by atoms with Crippen molar-refractivity contribution in [3.8, 4) is 33.4 Å². The summed E-state index contributed by atoms with van der Waals surface area (Å²) in [4.78, 5) is 10.7. The maximum atomic E-state index is 11.1. The van der Waals surface area contributed by atoms with E-state index in [4.69, 9.17) is 0 Å². The molecule has 148 valence electrons. The van der Waals surface area contributed by atoms with E-state index < -0.39 is 0 Å². The molecule has 1 atom stereocenters. The first-order chi connectivity index (χ1) is 14.4. The van der Waals surface area contributed by atoms with Gasteiger partial charge in [0.05, 0.1) is 4.92 Å². The first-order valence-corrected chi connectivity index (χ1v) is 10.3. The minimum Gasteiger partial charge on any atom is -0.258 e. The van der Waals surface area contributed by atoms with Crippen LogP contribution in [0.5, 0.6) is 0 Å². The molecule has 0 aliphatic rings. The summed E-state index contributed by atoms with van der Waals surface area (Å²) in [7, 11) is 2.86. The molecule has 4 aromatic rings. The van der Waals surface area contributed by atoms with Crippen molar-refractivity contribution in [2.75, 3.05) is 0 Å². The van der Waals surface area contributed by atoms with Crippen LogP contribution in [0.2, 0.25) is 0 Å². The lowest BCUT2D eigenvalue weighted by molar-refractivity contribution is -0.384. The second-order valence-electron chi connectivity index (χ2n) is 7.49. The lowest BCUT2D eigenvalue weighted by Gasteiger charge is -2.19. The molecule has 0 spiro atoms. The van der Waals surface area contributed by atoms with Crippen molar-refractivity contribution < 1.29 is 4.92 Å². The monoisotopic (exact) mass is 411 g/mol. The van der Waals surface area contributed by atoms with E-state index in [-0.39, 0.29) is 10.6 Å². The number of hydrogen-bond donors (Lipinski definition) is 0. The Morgan fingerprint density at radius 3 is 1.60 bits per heavy atom. The summed E-state index contributed by atoms with van der Waals surface area (Å²) in [6, 6.07) is 28.0. The van der Waals surface area contributed by atoms with Crippen LogP contribution in [0.1, 0.15) is 11.1 Å². The quantitative estimate of drug-likeness (QED) is 0.213. The number of nitro groups is 1. The molecule has 0 saturated carbocycles. The third-order valence-corrected chi connectivity index (χ3v) is 5.79. The molecule has 4 heteroatoms. The molecular weight excluding hydrogens is 389 g/mol. The highest BCUT2D eigenvalue weighted by molar-refractivity contribution is 7.28. The summed E-state index contributed by atoms with van der Waals surface area (Å²) in [6.07, 6.45) is 0. The molecule has 0 bridgehead atoms. The number of benzene rings is 4. The van der Waals surface area contributed by atoms with Crippen LogP contribution in [0.3, 0.4) is 0 Å². The fraction of sp³-hybridized carbons (Fsp3) is 0.0769. The third-order valence-electron chi connectivity index (χ3n) is 5.31. The van der Waals surface area contributed by atoms with E-state index >= 15 is 0 Å². The Morgan fingerprint density at radius 1 is 0.633 bits per heavy atom. The van der Waals surface area contributed by atoms with Gasteiger partial charge in [0, 0.05) is 12.1 Å². The van der Waals surface area contributed by atoms with Gasteiger partial charge in [-0.25, -0.2) is 0 Å². The Bertz CT molecular complexity index is 1210. The van der Waals surface area contributed by atoms with Crippen molar-refractivity contribution in [2.45, 2.75) is 13.8 Å². The second-order valence-corrected chi connectivity index (χ2v) is 8.11. The van der Waals surface area contributed by atoms with E-state index in [1.807, 2.05) is 12.1 Å². The highest BCUT2D eigenvalue weighted by atomic mass is 31.0. The van der Waals surface area contributed by atoms with Crippen LogP contribution < -0.4 is 5.30 Å². The highest BCUT2D eigenvalue weighted by Gasteiger charge is 2.17. The molecule has 0 fully saturated rings.